The zero-order chi connectivity index (χ0) is 43.1. The van der Waals surface area contributed by atoms with Crippen LogP contribution >= 0.6 is 0 Å². The van der Waals surface area contributed by atoms with Crippen LogP contribution in [0.5, 0.6) is 11.5 Å². The van der Waals surface area contributed by atoms with Crippen LogP contribution in [0.4, 0.5) is 5.69 Å². The molecule has 0 aliphatic carbocycles. The van der Waals surface area contributed by atoms with E-state index < -0.39 is 0 Å². The van der Waals surface area contributed by atoms with E-state index in [4.69, 9.17) is 44.4 Å². The third-order valence-corrected chi connectivity index (χ3v) is 10.0. The van der Waals surface area contributed by atoms with Crippen molar-refractivity contribution in [3.05, 3.63) is 125 Å². The summed E-state index contributed by atoms with van der Waals surface area (Å²) in [7, 11) is 2.11. The maximum Gasteiger partial charge on any atom is 0.205 e. The Bertz CT molecular complexity index is 2460. The number of ether oxygens (including phenoxy) is 6. The number of hydrazine groups is 1. The number of aromatic hydroxyl groups is 1. The Balaban J connectivity index is 0.711. The zero-order valence-corrected chi connectivity index (χ0v) is 34.8. The maximum absolute atomic E-state index is 12.8. The second-order valence-corrected chi connectivity index (χ2v) is 14.5. The number of phenols is 1. The largest absolute Gasteiger partial charge is 0.504 e. The van der Waals surface area contributed by atoms with Gasteiger partial charge in [0.25, 0.3) is 0 Å². The smallest absolute Gasteiger partial charge is 0.205 e. The van der Waals surface area contributed by atoms with Crippen LogP contribution in [0.25, 0.3) is 44.8 Å². The summed E-state index contributed by atoms with van der Waals surface area (Å²) in [5.74, 6) is 6.23. The molecular weight excluding hydrogens is 795 g/mol. The van der Waals surface area contributed by atoms with Crippen molar-refractivity contribution in [1.82, 2.24) is 20.0 Å². The lowest BCUT2D eigenvalue weighted by molar-refractivity contribution is -0.0122. The number of anilines is 1. The number of aromatic nitrogens is 3. The quantitative estimate of drug-likeness (QED) is 0.0434. The minimum absolute atomic E-state index is 0.00804. The van der Waals surface area contributed by atoms with Gasteiger partial charge < -0.3 is 53.6 Å². The average molecular weight is 848 g/mol. The topological polar surface area (TPSA) is 195 Å². The standard InChI is InChI=1S/C46H53N7O9/c1-51-30-34-11-5-6-12-36(34)44-43(37-13-7-8-14-39(37)51)49-50-53(44)18-20-57-22-24-59-26-28-60-27-25-58-23-21-56-19-17-52(48)31-35(47)32-61-46-40(54)16-15-38-41(55)29-42(62-45(38)46)33-9-3-2-4-10-33/h2-16,29,31,54H,17-28,30,32,47-48H2,1H3/b35-31-. The molecule has 0 atom stereocenters. The second kappa shape index (κ2) is 22.0. The Labute approximate surface area is 359 Å². The van der Waals surface area contributed by atoms with Crippen LogP contribution in [0, 0.1) is 0 Å². The third-order valence-electron chi connectivity index (χ3n) is 10.0. The molecule has 0 radical (unpaired) electrons. The fraction of sp³-hybridized carbons (Fsp3) is 0.326. The minimum atomic E-state index is -0.265. The summed E-state index contributed by atoms with van der Waals surface area (Å²) in [6.07, 6.45) is 1.51. The molecule has 16 nitrogen and oxygen atoms in total. The number of para-hydroxylation sites is 1. The highest BCUT2D eigenvalue weighted by atomic mass is 16.6. The van der Waals surface area contributed by atoms with Gasteiger partial charge in [-0.2, -0.15) is 0 Å². The van der Waals surface area contributed by atoms with Crippen molar-refractivity contribution < 1.29 is 37.9 Å². The first-order valence-corrected chi connectivity index (χ1v) is 20.5. The van der Waals surface area contributed by atoms with Crippen LogP contribution in [0.1, 0.15) is 5.56 Å². The first kappa shape index (κ1) is 43.8. The monoisotopic (exact) mass is 847 g/mol. The van der Waals surface area contributed by atoms with E-state index in [1.165, 1.54) is 35.0 Å². The fourth-order valence-electron chi connectivity index (χ4n) is 7.00. The molecule has 0 fully saturated rings. The van der Waals surface area contributed by atoms with E-state index in [9.17, 15) is 9.90 Å². The number of fused-ring (bicyclic) bond motifs is 6. The highest BCUT2D eigenvalue weighted by molar-refractivity contribution is 5.88. The Kier molecular flexibility index (Phi) is 15.6. The van der Waals surface area contributed by atoms with Gasteiger partial charge in [-0.3, -0.25) is 4.79 Å². The van der Waals surface area contributed by atoms with Crippen molar-refractivity contribution in [2.45, 2.75) is 13.1 Å². The van der Waals surface area contributed by atoms with Gasteiger partial charge in [-0.05, 0) is 23.8 Å². The molecule has 62 heavy (non-hydrogen) atoms. The van der Waals surface area contributed by atoms with E-state index in [1.807, 2.05) is 41.1 Å². The Hall–Kier alpha value is -6.27. The van der Waals surface area contributed by atoms with E-state index in [0.717, 1.165) is 34.7 Å². The van der Waals surface area contributed by atoms with E-state index in [0.29, 0.717) is 90.5 Å². The van der Waals surface area contributed by atoms with E-state index in [2.05, 4.69) is 64.7 Å². The molecule has 6 aromatic rings. The summed E-state index contributed by atoms with van der Waals surface area (Å²) >= 11 is 0. The summed E-state index contributed by atoms with van der Waals surface area (Å²) in [6.45, 7) is 5.88. The van der Waals surface area contributed by atoms with Gasteiger partial charge in [-0.15, -0.1) is 5.10 Å². The Morgan fingerprint density at radius 1 is 0.806 bits per heavy atom. The number of hydrogen-bond donors (Lipinski definition) is 3. The number of rotatable bonds is 23. The predicted molar refractivity (Wildman–Crippen MR) is 235 cm³/mol. The summed E-state index contributed by atoms with van der Waals surface area (Å²) in [5.41, 5.74) is 13.4. The maximum atomic E-state index is 12.8. The van der Waals surface area contributed by atoms with Crippen molar-refractivity contribution in [3.8, 4) is 45.3 Å². The van der Waals surface area contributed by atoms with E-state index in [-0.39, 0.29) is 40.2 Å². The van der Waals surface area contributed by atoms with Crippen LogP contribution in [0.3, 0.4) is 0 Å². The molecule has 7 rings (SSSR count). The van der Waals surface area contributed by atoms with Crippen molar-refractivity contribution in [3.63, 3.8) is 0 Å². The molecule has 0 amide bonds. The molecule has 326 valence electrons. The van der Waals surface area contributed by atoms with Gasteiger partial charge in [0.2, 0.25) is 5.75 Å². The number of nitrogens with zero attached hydrogens (tertiary/aromatic N) is 5. The lowest BCUT2D eigenvalue weighted by atomic mass is 9.96. The van der Waals surface area contributed by atoms with Crippen molar-refractivity contribution in [2.24, 2.45) is 11.6 Å². The number of phenolic OH excluding ortho intramolecular Hbond substituents is 1. The Morgan fingerprint density at radius 2 is 1.44 bits per heavy atom. The van der Waals surface area contributed by atoms with Gasteiger partial charge in [0, 0.05) is 48.2 Å². The van der Waals surface area contributed by atoms with Gasteiger partial charge in [-0.1, -0.05) is 78.0 Å². The molecule has 5 N–H and O–H groups in total. The highest BCUT2D eigenvalue weighted by Gasteiger charge is 2.25. The SMILES string of the molecule is CN1Cc2ccccc2-c2c(nnn2CCOCCOCCOCCOCCOCCN(N)/C=C(\N)COc2c(O)ccc3c(=O)cc(-c4ccccc4)oc23)-c2ccccc21. The van der Waals surface area contributed by atoms with Gasteiger partial charge in [0.05, 0.1) is 95.9 Å². The fourth-order valence-corrected chi connectivity index (χ4v) is 7.00. The van der Waals surface area contributed by atoms with Gasteiger partial charge in [0.1, 0.15) is 18.1 Å². The van der Waals surface area contributed by atoms with Crippen molar-refractivity contribution in [2.75, 3.05) is 91.2 Å². The van der Waals surface area contributed by atoms with Crippen molar-refractivity contribution in [1.29, 1.82) is 0 Å². The lowest BCUT2D eigenvalue weighted by Crippen LogP contribution is -2.31. The molecule has 0 saturated carbocycles. The van der Waals surface area contributed by atoms with Crippen molar-refractivity contribution >= 4 is 16.7 Å². The molecule has 3 heterocycles. The van der Waals surface area contributed by atoms with Crippen LogP contribution in [-0.4, -0.2) is 111 Å². The van der Waals surface area contributed by atoms with Crippen LogP contribution < -0.4 is 26.6 Å². The van der Waals surface area contributed by atoms with Crippen LogP contribution in [0.2, 0.25) is 0 Å². The number of benzene rings is 4. The Morgan fingerprint density at radius 3 is 2.16 bits per heavy atom. The summed E-state index contributed by atoms with van der Waals surface area (Å²) < 4.78 is 42.1. The van der Waals surface area contributed by atoms with Crippen LogP contribution in [-0.2, 0) is 36.8 Å². The lowest BCUT2D eigenvalue weighted by Gasteiger charge is -2.26. The summed E-state index contributed by atoms with van der Waals surface area (Å²) in [6, 6.07) is 30.2. The molecule has 1 aliphatic rings. The van der Waals surface area contributed by atoms with Gasteiger partial charge >= 0.3 is 0 Å². The molecule has 0 saturated heterocycles. The summed E-state index contributed by atoms with van der Waals surface area (Å²) in [4.78, 5) is 15.1. The minimum Gasteiger partial charge on any atom is -0.504 e. The molecule has 0 bridgehead atoms. The number of hydrogen-bond acceptors (Lipinski definition) is 15. The molecule has 1 aliphatic heterocycles. The number of nitrogens with two attached hydrogens (primary N) is 2. The first-order valence-electron chi connectivity index (χ1n) is 20.5. The molecule has 16 heteroatoms. The molecule has 0 unspecified atom stereocenters. The molecular formula is C46H53N7O9. The summed E-state index contributed by atoms with van der Waals surface area (Å²) in [5, 5.41) is 21.3. The van der Waals surface area contributed by atoms with Crippen LogP contribution in [0.15, 0.2) is 118 Å². The molecule has 4 aromatic carbocycles. The first-order chi connectivity index (χ1) is 30.4. The molecule has 2 aromatic heterocycles. The zero-order valence-electron chi connectivity index (χ0n) is 34.8. The normalized spacial score (nSPS) is 12.4. The van der Waals surface area contributed by atoms with Gasteiger partial charge in [0.15, 0.2) is 16.8 Å². The second-order valence-electron chi connectivity index (χ2n) is 14.5. The molecule has 0 spiro atoms. The van der Waals surface area contributed by atoms with E-state index in [1.54, 1.807) is 0 Å². The van der Waals surface area contributed by atoms with E-state index >= 15 is 0 Å². The average Bonchev–Trinajstić information content (AvgIpc) is 3.70. The third kappa shape index (κ3) is 11.3. The highest BCUT2D eigenvalue weighted by Crippen LogP contribution is 2.40. The van der Waals surface area contributed by atoms with Gasteiger partial charge in [-0.25, -0.2) is 10.5 Å². The predicted octanol–water partition coefficient (Wildman–Crippen LogP) is 5.18.